The molecule has 5 nitrogen and oxygen atoms in total. The van der Waals surface area contributed by atoms with Gasteiger partial charge in [-0.2, -0.15) is 0 Å². The van der Waals surface area contributed by atoms with Crippen LogP contribution in [0.5, 0.6) is 5.75 Å². The number of nitro groups is 1. The maximum absolute atomic E-state index is 11.0. The number of nitrogens with one attached hydrogen (secondary N) is 1. The molecular formula is C13H16Cl2N2O3. The first-order valence-corrected chi connectivity index (χ1v) is 7.30. The molecule has 0 saturated heterocycles. The number of halogens is 2. The fraction of sp³-hybridized carbons (Fsp3) is 0.538. The lowest BCUT2D eigenvalue weighted by Gasteiger charge is -2.35. The van der Waals surface area contributed by atoms with Crippen molar-refractivity contribution in [3.63, 3.8) is 0 Å². The van der Waals surface area contributed by atoms with Crippen molar-refractivity contribution >= 4 is 28.9 Å². The third kappa shape index (κ3) is 3.53. The van der Waals surface area contributed by atoms with E-state index in [9.17, 15) is 10.1 Å². The van der Waals surface area contributed by atoms with Crippen LogP contribution in [-0.2, 0) is 0 Å². The van der Waals surface area contributed by atoms with Crippen molar-refractivity contribution in [1.82, 2.24) is 5.32 Å². The highest BCUT2D eigenvalue weighted by Crippen LogP contribution is 2.38. The van der Waals surface area contributed by atoms with Gasteiger partial charge in [-0.15, -0.1) is 0 Å². The Morgan fingerprint density at radius 3 is 2.65 bits per heavy atom. The van der Waals surface area contributed by atoms with E-state index >= 15 is 0 Å². The first kappa shape index (κ1) is 15.4. The number of nitrogens with zero attached hydrogens (tertiary/aromatic N) is 1. The zero-order chi connectivity index (χ0) is 14.7. The first-order valence-electron chi connectivity index (χ1n) is 6.54. The molecule has 0 unspecified atom stereocenters. The molecule has 0 heterocycles. The highest BCUT2D eigenvalue weighted by Gasteiger charge is 2.32. The predicted octanol–water partition coefficient (Wildman–Crippen LogP) is 3.81. The maximum atomic E-state index is 11.0. The van der Waals surface area contributed by atoms with E-state index in [1.807, 2.05) is 0 Å². The molecule has 7 heteroatoms. The zero-order valence-electron chi connectivity index (χ0n) is 11.1. The van der Waals surface area contributed by atoms with Crippen LogP contribution in [0.2, 0.25) is 10.0 Å². The van der Waals surface area contributed by atoms with E-state index in [1.165, 1.54) is 12.1 Å². The molecular weight excluding hydrogens is 303 g/mol. The van der Waals surface area contributed by atoms with Crippen molar-refractivity contribution in [3.05, 3.63) is 32.3 Å². The number of nitro benzene ring substituents is 1. The van der Waals surface area contributed by atoms with Gasteiger partial charge in [-0.05, 0) is 25.8 Å². The average molecular weight is 319 g/mol. The number of benzene rings is 1. The molecule has 1 aromatic rings. The summed E-state index contributed by atoms with van der Waals surface area (Å²) in [6.07, 6.45) is 2.76. The molecule has 0 radical (unpaired) electrons. The molecule has 0 spiro atoms. The number of ether oxygens (including phenoxy) is 1. The first-order chi connectivity index (χ1) is 9.51. The van der Waals surface area contributed by atoms with E-state index in [-0.39, 0.29) is 27.6 Å². The van der Waals surface area contributed by atoms with E-state index in [2.05, 4.69) is 12.2 Å². The average Bonchev–Trinajstić information content (AvgIpc) is 2.35. The third-order valence-corrected chi connectivity index (χ3v) is 3.99. The minimum atomic E-state index is -0.511. The summed E-state index contributed by atoms with van der Waals surface area (Å²) >= 11 is 11.7. The third-order valence-electron chi connectivity index (χ3n) is 3.27. The van der Waals surface area contributed by atoms with Crippen molar-refractivity contribution in [2.45, 2.75) is 38.3 Å². The molecule has 110 valence electrons. The SMILES string of the molecule is CCCNC1CC(Oc2cc(Cl)c(Cl)cc2[N+](=O)[O-])C1. The quantitative estimate of drug-likeness (QED) is 0.639. The van der Waals surface area contributed by atoms with Crippen LogP contribution in [-0.4, -0.2) is 23.6 Å². The largest absolute Gasteiger partial charge is 0.483 e. The molecule has 0 aliphatic heterocycles. The Morgan fingerprint density at radius 2 is 2.05 bits per heavy atom. The van der Waals surface area contributed by atoms with Crippen molar-refractivity contribution in [2.24, 2.45) is 0 Å². The molecule has 0 amide bonds. The summed E-state index contributed by atoms with van der Waals surface area (Å²) in [5.74, 6) is 0.184. The summed E-state index contributed by atoms with van der Waals surface area (Å²) in [6, 6.07) is 3.07. The molecule has 2 rings (SSSR count). The Morgan fingerprint density at radius 1 is 1.40 bits per heavy atom. The lowest BCUT2D eigenvalue weighted by atomic mass is 9.89. The number of rotatable bonds is 6. The van der Waals surface area contributed by atoms with Gasteiger partial charge in [0.05, 0.1) is 15.0 Å². The van der Waals surface area contributed by atoms with Crippen LogP contribution in [0.15, 0.2) is 12.1 Å². The lowest BCUT2D eigenvalue weighted by Crippen LogP contribution is -2.47. The molecule has 1 aromatic carbocycles. The van der Waals surface area contributed by atoms with Gasteiger partial charge in [0.25, 0.3) is 0 Å². The van der Waals surface area contributed by atoms with Crippen molar-refractivity contribution in [3.8, 4) is 5.75 Å². The molecule has 1 aliphatic rings. The standard InChI is InChI=1S/C13H16Cl2N2O3/c1-2-3-16-8-4-9(5-8)20-13-7-11(15)10(14)6-12(13)17(18)19/h6-9,16H,2-5H2,1H3. The Balaban J connectivity index is 2.00. The van der Waals surface area contributed by atoms with E-state index in [0.717, 1.165) is 25.8 Å². The second-order valence-electron chi connectivity index (χ2n) is 4.85. The molecule has 1 N–H and O–H groups in total. The maximum Gasteiger partial charge on any atom is 0.312 e. The monoisotopic (exact) mass is 318 g/mol. The normalized spacial score (nSPS) is 21.4. The number of hydrogen-bond acceptors (Lipinski definition) is 4. The Hall–Kier alpha value is -1.04. The molecule has 20 heavy (non-hydrogen) atoms. The van der Waals surface area contributed by atoms with Crippen LogP contribution in [0.4, 0.5) is 5.69 Å². The topological polar surface area (TPSA) is 64.4 Å². The molecule has 0 aromatic heterocycles. The van der Waals surface area contributed by atoms with E-state index in [4.69, 9.17) is 27.9 Å². The van der Waals surface area contributed by atoms with Crippen molar-refractivity contribution < 1.29 is 9.66 Å². The van der Waals surface area contributed by atoms with Crippen LogP contribution < -0.4 is 10.1 Å². The molecule has 1 aliphatic carbocycles. The van der Waals surface area contributed by atoms with Gasteiger partial charge in [-0.1, -0.05) is 30.1 Å². The van der Waals surface area contributed by atoms with Gasteiger partial charge in [0.2, 0.25) is 0 Å². The highest BCUT2D eigenvalue weighted by molar-refractivity contribution is 6.42. The van der Waals surface area contributed by atoms with E-state index in [0.29, 0.717) is 6.04 Å². The van der Waals surface area contributed by atoms with E-state index < -0.39 is 4.92 Å². The van der Waals surface area contributed by atoms with Crippen molar-refractivity contribution in [2.75, 3.05) is 6.54 Å². The summed E-state index contributed by atoms with van der Waals surface area (Å²) in [5, 5.41) is 14.8. The van der Waals surface area contributed by atoms with Gasteiger partial charge in [-0.3, -0.25) is 10.1 Å². The minimum absolute atomic E-state index is 0.0136. The Kier molecular flexibility index (Phi) is 5.07. The second-order valence-corrected chi connectivity index (χ2v) is 5.67. The number of hydrogen-bond donors (Lipinski definition) is 1. The summed E-state index contributed by atoms with van der Waals surface area (Å²) in [7, 11) is 0. The van der Waals surface area contributed by atoms with E-state index in [1.54, 1.807) is 0 Å². The van der Waals surface area contributed by atoms with Crippen LogP contribution >= 0.6 is 23.2 Å². The van der Waals surface area contributed by atoms with Crippen molar-refractivity contribution in [1.29, 1.82) is 0 Å². The molecule has 0 bridgehead atoms. The van der Waals surface area contributed by atoms with Crippen LogP contribution in [0.3, 0.4) is 0 Å². The van der Waals surface area contributed by atoms with Gasteiger partial charge in [0, 0.05) is 18.2 Å². The minimum Gasteiger partial charge on any atom is -0.483 e. The summed E-state index contributed by atoms with van der Waals surface area (Å²) < 4.78 is 5.66. The van der Waals surface area contributed by atoms with Gasteiger partial charge >= 0.3 is 5.69 Å². The van der Waals surface area contributed by atoms with Gasteiger partial charge in [0.1, 0.15) is 6.10 Å². The summed E-state index contributed by atoms with van der Waals surface area (Å²) in [5.41, 5.74) is -0.149. The van der Waals surface area contributed by atoms with Crippen LogP contribution in [0.25, 0.3) is 0 Å². The Labute approximate surface area is 127 Å². The lowest BCUT2D eigenvalue weighted by molar-refractivity contribution is -0.386. The molecule has 0 atom stereocenters. The van der Waals surface area contributed by atoms with Gasteiger partial charge < -0.3 is 10.1 Å². The fourth-order valence-electron chi connectivity index (χ4n) is 2.11. The predicted molar refractivity (Wildman–Crippen MR) is 78.8 cm³/mol. The smallest absolute Gasteiger partial charge is 0.312 e. The summed E-state index contributed by atoms with van der Waals surface area (Å²) in [4.78, 5) is 10.5. The molecule has 1 fully saturated rings. The van der Waals surface area contributed by atoms with Gasteiger partial charge in [-0.25, -0.2) is 0 Å². The van der Waals surface area contributed by atoms with Crippen LogP contribution in [0, 0.1) is 10.1 Å². The Bertz CT molecular complexity index is 505. The van der Waals surface area contributed by atoms with Crippen LogP contribution in [0.1, 0.15) is 26.2 Å². The van der Waals surface area contributed by atoms with Gasteiger partial charge in [0.15, 0.2) is 5.75 Å². The molecule has 1 saturated carbocycles. The second kappa shape index (κ2) is 6.61. The highest BCUT2D eigenvalue weighted by atomic mass is 35.5. The fourth-order valence-corrected chi connectivity index (χ4v) is 2.42. The summed E-state index contributed by atoms with van der Waals surface area (Å²) in [6.45, 7) is 3.09. The zero-order valence-corrected chi connectivity index (χ0v) is 12.6.